The van der Waals surface area contributed by atoms with E-state index >= 15 is 0 Å². The smallest absolute Gasteiger partial charge is 0.276 e. The van der Waals surface area contributed by atoms with E-state index in [1.165, 1.54) is 15.6 Å². The predicted molar refractivity (Wildman–Crippen MR) is 102 cm³/mol. The number of rotatable bonds is 5. The fraction of sp³-hybridized carbons (Fsp3) is 0.263. The maximum atomic E-state index is 12.9. The van der Waals surface area contributed by atoms with Crippen molar-refractivity contribution in [2.45, 2.75) is 19.8 Å². The summed E-state index contributed by atoms with van der Waals surface area (Å²) in [5, 5.41) is 12.1. The van der Waals surface area contributed by atoms with Crippen LogP contribution in [0.1, 0.15) is 33.6 Å². The minimum absolute atomic E-state index is 0.238. The van der Waals surface area contributed by atoms with Crippen LogP contribution < -0.4 is 5.56 Å². The first-order chi connectivity index (χ1) is 12.9. The SMILES string of the molecule is Cc1nc2c(C(=O)N(C)CCC#N)c[nH]n2c(=O)c1Cc1ccc(Cl)cc1. The van der Waals surface area contributed by atoms with Crippen LogP contribution in [-0.4, -0.2) is 39.0 Å². The summed E-state index contributed by atoms with van der Waals surface area (Å²) in [5.41, 5.74) is 2.41. The minimum Gasteiger partial charge on any atom is -0.341 e. The zero-order valence-corrected chi connectivity index (χ0v) is 15.7. The number of carbonyl (C=O) groups excluding carboxylic acids is 1. The van der Waals surface area contributed by atoms with Crippen LogP contribution in [0.5, 0.6) is 0 Å². The number of nitrogens with zero attached hydrogens (tertiary/aromatic N) is 4. The monoisotopic (exact) mass is 383 g/mol. The van der Waals surface area contributed by atoms with Gasteiger partial charge in [0.2, 0.25) is 0 Å². The minimum atomic E-state index is -0.291. The quantitative estimate of drug-likeness (QED) is 0.732. The van der Waals surface area contributed by atoms with Crippen LogP contribution >= 0.6 is 11.6 Å². The molecule has 0 unspecified atom stereocenters. The highest BCUT2D eigenvalue weighted by Gasteiger charge is 2.20. The van der Waals surface area contributed by atoms with E-state index in [0.717, 1.165) is 5.56 Å². The second-order valence-electron chi connectivity index (χ2n) is 6.27. The zero-order chi connectivity index (χ0) is 19.6. The van der Waals surface area contributed by atoms with E-state index < -0.39 is 0 Å². The summed E-state index contributed by atoms with van der Waals surface area (Å²) in [6, 6.07) is 9.29. The molecule has 0 radical (unpaired) electrons. The lowest BCUT2D eigenvalue weighted by Crippen LogP contribution is -2.28. The van der Waals surface area contributed by atoms with Gasteiger partial charge in [-0.1, -0.05) is 23.7 Å². The van der Waals surface area contributed by atoms with Gasteiger partial charge in [0, 0.05) is 42.5 Å². The molecule has 3 rings (SSSR count). The molecule has 0 bridgehead atoms. The molecule has 7 nitrogen and oxygen atoms in total. The number of carbonyl (C=O) groups is 1. The van der Waals surface area contributed by atoms with Crippen molar-refractivity contribution >= 4 is 23.2 Å². The second kappa shape index (κ2) is 7.64. The summed E-state index contributed by atoms with van der Waals surface area (Å²) in [5.74, 6) is -0.291. The molecule has 138 valence electrons. The number of fused-ring (bicyclic) bond motifs is 1. The lowest BCUT2D eigenvalue weighted by Gasteiger charge is -2.14. The first-order valence-corrected chi connectivity index (χ1v) is 8.76. The largest absolute Gasteiger partial charge is 0.341 e. The third kappa shape index (κ3) is 3.71. The second-order valence-corrected chi connectivity index (χ2v) is 6.70. The molecular weight excluding hydrogens is 366 g/mol. The number of nitriles is 1. The molecule has 0 aliphatic carbocycles. The first kappa shape index (κ1) is 18.7. The van der Waals surface area contributed by atoms with E-state index in [1.807, 2.05) is 18.2 Å². The van der Waals surface area contributed by atoms with Crippen molar-refractivity contribution < 1.29 is 4.79 Å². The number of hydrogen-bond donors (Lipinski definition) is 1. The molecule has 27 heavy (non-hydrogen) atoms. The van der Waals surface area contributed by atoms with Crippen LogP contribution in [0.4, 0.5) is 0 Å². The number of aryl methyl sites for hydroxylation is 1. The van der Waals surface area contributed by atoms with Gasteiger partial charge in [-0.25, -0.2) is 9.50 Å². The highest BCUT2D eigenvalue weighted by Crippen LogP contribution is 2.16. The Kier molecular flexibility index (Phi) is 5.28. The van der Waals surface area contributed by atoms with Crippen molar-refractivity contribution in [3.63, 3.8) is 0 Å². The molecule has 1 N–H and O–H groups in total. The van der Waals surface area contributed by atoms with Gasteiger partial charge in [-0.05, 0) is 24.6 Å². The maximum absolute atomic E-state index is 12.9. The van der Waals surface area contributed by atoms with Gasteiger partial charge in [0.15, 0.2) is 5.65 Å². The molecule has 3 aromatic rings. The number of aromatic amines is 1. The summed E-state index contributed by atoms with van der Waals surface area (Å²) in [7, 11) is 1.61. The van der Waals surface area contributed by atoms with Gasteiger partial charge >= 0.3 is 0 Å². The Bertz CT molecular complexity index is 1090. The normalized spacial score (nSPS) is 10.7. The van der Waals surface area contributed by atoms with Crippen LogP contribution in [0.15, 0.2) is 35.3 Å². The molecule has 0 spiro atoms. The van der Waals surface area contributed by atoms with E-state index in [4.69, 9.17) is 16.9 Å². The summed E-state index contributed by atoms with van der Waals surface area (Å²) in [6.07, 6.45) is 2.13. The molecule has 0 saturated heterocycles. The number of benzene rings is 1. The molecule has 0 aliphatic rings. The predicted octanol–water partition coefficient (Wildman–Crippen LogP) is 2.56. The van der Waals surface area contributed by atoms with Gasteiger partial charge in [0.1, 0.15) is 5.56 Å². The van der Waals surface area contributed by atoms with Crippen molar-refractivity contribution in [3.05, 3.63) is 68.2 Å². The zero-order valence-electron chi connectivity index (χ0n) is 15.0. The Labute approximate surface area is 160 Å². The topological polar surface area (TPSA) is 94.3 Å². The fourth-order valence-electron chi connectivity index (χ4n) is 2.85. The number of aromatic nitrogens is 3. The Hall–Kier alpha value is -3.11. The molecule has 2 heterocycles. The van der Waals surface area contributed by atoms with E-state index in [2.05, 4.69) is 10.1 Å². The molecule has 0 aliphatic heterocycles. The Morgan fingerprint density at radius 3 is 2.74 bits per heavy atom. The standard InChI is InChI=1S/C19H18ClN5O2/c1-12-15(10-13-4-6-14(20)7-5-13)19(27)25-17(23-12)16(11-22-25)18(26)24(2)9-3-8-21/h4-7,11,22H,3,9-10H2,1-2H3. The molecule has 2 aromatic heterocycles. The van der Waals surface area contributed by atoms with E-state index in [9.17, 15) is 9.59 Å². The number of amides is 1. The summed E-state index contributed by atoms with van der Waals surface area (Å²) in [4.78, 5) is 31.4. The summed E-state index contributed by atoms with van der Waals surface area (Å²) >= 11 is 5.91. The Morgan fingerprint density at radius 2 is 2.07 bits per heavy atom. The van der Waals surface area contributed by atoms with E-state index in [0.29, 0.717) is 34.8 Å². The molecule has 8 heteroatoms. The van der Waals surface area contributed by atoms with Gasteiger partial charge in [-0.15, -0.1) is 0 Å². The maximum Gasteiger partial charge on any atom is 0.276 e. The number of hydrogen-bond acceptors (Lipinski definition) is 4. The van der Waals surface area contributed by atoms with Crippen molar-refractivity contribution in [1.82, 2.24) is 19.5 Å². The van der Waals surface area contributed by atoms with Gasteiger partial charge in [0.25, 0.3) is 11.5 Å². The van der Waals surface area contributed by atoms with Crippen LogP contribution in [0, 0.1) is 18.3 Å². The van der Waals surface area contributed by atoms with E-state index in [1.54, 1.807) is 26.1 Å². The molecule has 0 saturated carbocycles. The number of halogens is 1. The molecule has 1 amide bonds. The number of nitrogens with one attached hydrogen (secondary N) is 1. The summed E-state index contributed by atoms with van der Waals surface area (Å²) in [6.45, 7) is 2.07. The summed E-state index contributed by atoms with van der Waals surface area (Å²) < 4.78 is 1.28. The van der Waals surface area contributed by atoms with Gasteiger partial charge in [0.05, 0.1) is 12.5 Å². The lowest BCUT2D eigenvalue weighted by molar-refractivity contribution is 0.0799. The lowest BCUT2D eigenvalue weighted by atomic mass is 10.1. The average Bonchev–Trinajstić information content (AvgIpc) is 3.07. The molecular formula is C19H18ClN5O2. The van der Waals surface area contributed by atoms with Crippen molar-refractivity contribution in [2.75, 3.05) is 13.6 Å². The third-order valence-electron chi connectivity index (χ3n) is 4.39. The van der Waals surface area contributed by atoms with Crippen LogP contribution in [0.25, 0.3) is 5.65 Å². The number of H-pyrrole nitrogens is 1. The van der Waals surface area contributed by atoms with Crippen molar-refractivity contribution in [1.29, 1.82) is 5.26 Å². The van der Waals surface area contributed by atoms with Crippen molar-refractivity contribution in [2.24, 2.45) is 0 Å². The molecule has 0 atom stereocenters. The highest BCUT2D eigenvalue weighted by atomic mass is 35.5. The molecule has 0 fully saturated rings. The third-order valence-corrected chi connectivity index (χ3v) is 4.64. The fourth-order valence-corrected chi connectivity index (χ4v) is 2.97. The van der Waals surface area contributed by atoms with E-state index in [-0.39, 0.29) is 23.5 Å². The first-order valence-electron chi connectivity index (χ1n) is 8.39. The Balaban J connectivity index is 1.99. The van der Waals surface area contributed by atoms with Gasteiger partial charge in [-0.2, -0.15) is 5.26 Å². The average molecular weight is 384 g/mol. The van der Waals surface area contributed by atoms with Crippen molar-refractivity contribution in [3.8, 4) is 6.07 Å². The molecule has 1 aromatic carbocycles. The van der Waals surface area contributed by atoms with Crippen LogP contribution in [-0.2, 0) is 6.42 Å². The van der Waals surface area contributed by atoms with Gasteiger partial charge in [-0.3, -0.25) is 14.7 Å². The Morgan fingerprint density at radius 1 is 1.37 bits per heavy atom. The van der Waals surface area contributed by atoms with Gasteiger partial charge < -0.3 is 4.90 Å². The van der Waals surface area contributed by atoms with Crippen LogP contribution in [0.3, 0.4) is 0 Å². The van der Waals surface area contributed by atoms with Crippen LogP contribution in [0.2, 0.25) is 5.02 Å². The highest BCUT2D eigenvalue weighted by molar-refractivity contribution is 6.30.